The van der Waals surface area contributed by atoms with Crippen molar-refractivity contribution in [3.05, 3.63) is 47.5 Å². The molecule has 5 nitrogen and oxygen atoms in total. The van der Waals surface area contributed by atoms with Crippen molar-refractivity contribution in [1.82, 2.24) is 24.6 Å². The van der Waals surface area contributed by atoms with Crippen molar-refractivity contribution in [2.75, 3.05) is 13.1 Å². The summed E-state index contributed by atoms with van der Waals surface area (Å²) in [6.45, 7) is 5.18. The molecule has 0 amide bonds. The summed E-state index contributed by atoms with van der Waals surface area (Å²) >= 11 is 0. The van der Waals surface area contributed by atoms with Gasteiger partial charge in [0.1, 0.15) is 5.82 Å². The second-order valence-corrected chi connectivity index (χ2v) is 6.63. The van der Waals surface area contributed by atoms with Gasteiger partial charge in [0.05, 0.1) is 23.3 Å². The van der Waals surface area contributed by atoms with Crippen molar-refractivity contribution in [1.29, 1.82) is 0 Å². The van der Waals surface area contributed by atoms with Gasteiger partial charge in [-0.2, -0.15) is 5.10 Å². The maximum atomic E-state index is 4.81. The van der Waals surface area contributed by atoms with Gasteiger partial charge in [0.15, 0.2) is 0 Å². The molecule has 1 unspecified atom stereocenters. The van der Waals surface area contributed by atoms with Crippen molar-refractivity contribution in [2.45, 2.75) is 32.2 Å². The Morgan fingerprint density at radius 3 is 2.96 bits per heavy atom. The van der Waals surface area contributed by atoms with E-state index in [1.54, 1.807) is 0 Å². The number of nitrogens with zero attached hydrogens (tertiary/aromatic N) is 4. The second kappa shape index (κ2) is 5.81. The van der Waals surface area contributed by atoms with E-state index in [1.165, 1.54) is 24.1 Å². The lowest BCUT2D eigenvalue weighted by Gasteiger charge is -2.31. The number of hydrogen-bond donors (Lipinski definition) is 1. The first kappa shape index (κ1) is 14.5. The minimum Gasteiger partial charge on any atom is -0.330 e. The summed E-state index contributed by atoms with van der Waals surface area (Å²) in [5.41, 5.74) is 4.64. The smallest absolute Gasteiger partial charge is 0.123 e. The molecular formula is C18H23N5. The van der Waals surface area contributed by atoms with E-state index >= 15 is 0 Å². The van der Waals surface area contributed by atoms with Gasteiger partial charge in [-0.1, -0.05) is 12.1 Å². The number of likely N-dealkylation sites (tertiary alicyclic amines) is 1. The molecule has 0 radical (unpaired) electrons. The quantitative estimate of drug-likeness (QED) is 0.809. The van der Waals surface area contributed by atoms with E-state index in [9.17, 15) is 0 Å². The van der Waals surface area contributed by atoms with Crippen LogP contribution < -0.4 is 0 Å². The zero-order chi connectivity index (χ0) is 15.8. The number of hydrogen-bond acceptors (Lipinski definition) is 3. The van der Waals surface area contributed by atoms with Crippen LogP contribution in [-0.4, -0.2) is 37.7 Å². The number of H-pyrrole nitrogens is 1. The molecule has 2 aromatic heterocycles. The Hall–Kier alpha value is -2.14. The number of imidazole rings is 1. The van der Waals surface area contributed by atoms with E-state index in [1.807, 2.05) is 0 Å². The molecule has 0 bridgehead atoms. The van der Waals surface area contributed by atoms with E-state index in [2.05, 4.69) is 64.0 Å². The normalized spacial score (nSPS) is 19.5. The van der Waals surface area contributed by atoms with Crippen LogP contribution in [0.4, 0.5) is 0 Å². The average molecular weight is 309 g/mol. The van der Waals surface area contributed by atoms with Crippen molar-refractivity contribution in [2.24, 2.45) is 7.05 Å². The fourth-order valence-corrected chi connectivity index (χ4v) is 3.63. The van der Waals surface area contributed by atoms with Crippen LogP contribution in [0, 0.1) is 6.92 Å². The third-order valence-electron chi connectivity index (χ3n) is 4.89. The van der Waals surface area contributed by atoms with Crippen LogP contribution in [0.25, 0.3) is 11.0 Å². The molecule has 1 aliphatic heterocycles. The predicted octanol–water partition coefficient (Wildman–Crippen LogP) is 2.98. The lowest BCUT2D eigenvalue weighted by molar-refractivity contribution is 0.193. The Morgan fingerprint density at radius 1 is 1.30 bits per heavy atom. The Labute approximate surface area is 136 Å². The largest absolute Gasteiger partial charge is 0.330 e. The summed E-state index contributed by atoms with van der Waals surface area (Å²) in [5, 5.41) is 7.53. The zero-order valence-electron chi connectivity index (χ0n) is 13.8. The van der Waals surface area contributed by atoms with Crippen LogP contribution >= 0.6 is 0 Å². The first-order valence-corrected chi connectivity index (χ1v) is 8.35. The topological polar surface area (TPSA) is 49.7 Å². The van der Waals surface area contributed by atoms with E-state index in [4.69, 9.17) is 4.98 Å². The predicted molar refractivity (Wildman–Crippen MR) is 91.3 cm³/mol. The fraction of sp³-hybridized carbons (Fsp3) is 0.444. The minimum atomic E-state index is 0.531. The molecule has 0 aliphatic carbocycles. The molecule has 1 saturated heterocycles. The van der Waals surface area contributed by atoms with Gasteiger partial charge >= 0.3 is 0 Å². The zero-order valence-corrected chi connectivity index (χ0v) is 13.8. The van der Waals surface area contributed by atoms with E-state index in [0.29, 0.717) is 5.92 Å². The molecule has 0 spiro atoms. The molecule has 4 rings (SSSR count). The number of aryl methyl sites for hydroxylation is 2. The maximum absolute atomic E-state index is 4.81. The van der Waals surface area contributed by atoms with Gasteiger partial charge in [-0.3, -0.25) is 10.00 Å². The lowest BCUT2D eigenvalue weighted by Crippen LogP contribution is -2.34. The molecule has 5 heteroatoms. The van der Waals surface area contributed by atoms with Gasteiger partial charge in [0.2, 0.25) is 0 Å². The first-order chi connectivity index (χ1) is 11.2. The summed E-state index contributed by atoms with van der Waals surface area (Å²) in [5.74, 6) is 1.67. The van der Waals surface area contributed by atoms with Crippen LogP contribution in [-0.2, 0) is 13.6 Å². The molecule has 1 aliphatic rings. The molecule has 3 heterocycles. The highest BCUT2D eigenvalue weighted by Gasteiger charge is 2.24. The van der Waals surface area contributed by atoms with E-state index in [-0.39, 0.29) is 0 Å². The summed E-state index contributed by atoms with van der Waals surface area (Å²) in [6.07, 6.45) is 2.45. The molecule has 0 saturated carbocycles. The number of nitrogens with one attached hydrogen (secondary N) is 1. The van der Waals surface area contributed by atoms with Crippen LogP contribution in [0.1, 0.15) is 36.0 Å². The van der Waals surface area contributed by atoms with Crippen molar-refractivity contribution >= 4 is 11.0 Å². The number of aromatic amines is 1. The van der Waals surface area contributed by atoms with Gasteiger partial charge in [-0.25, -0.2) is 4.98 Å². The molecule has 1 N–H and O–H groups in total. The number of fused-ring (bicyclic) bond motifs is 1. The van der Waals surface area contributed by atoms with Gasteiger partial charge in [-0.05, 0) is 44.5 Å². The third kappa shape index (κ3) is 2.77. The van der Waals surface area contributed by atoms with E-state index in [0.717, 1.165) is 36.7 Å². The number of para-hydroxylation sites is 2. The lowest BCUT2D eigenvalue weighted by atomic mass is 9.94. The highest BCUT2D eigenvalue weighted by atomic mass is 15.2. The van der Waals surface area contributed by atoms with Gasteiger partial charge in [0.25, 0.3) is 0 Å². The summed E-state index contributed by atoms with van der Waals surface area (Å²) in [7, 11) is 2.11. The standard InChI is InChI=1S/C18H23N5/c1-13-10-16(21-20-13)14-6-5-9-23(11-14)12-18-19-15-7-3-4-8-17(15)22(18)2/h3-4,7-8,10,14H,5-6,9,11-12H2,1-2H3,(H,20,21). The molecule has 1 aromatic carbocycles. The Balaban J connectivity index is 1.52. The molecule has 1 fully saturated rings. The highest BCUT2D eigenvalue weighted by Crippen LogP contribution is 2.27. The molecular weight excluding hydrogens is 286 g/mol. The van der Waals surface area contributed by atoms with Crippen LogP contribution in [0.15, 0.2) is 30.3 Å². The Kier molecular flexibility index (Phi) is 3.65. The monoisotopic (exact) mass is 309 g/mol. The van der Waals surface area contributed by atoms with Crippen molar-refractivity contribution in [3.63, 3.8) is 0 Å². The van der Waals surface area contributed by atoms with Gasteiger partial charge in [0, 0.05) is 25.2 Å². The Morgan fingerprint density at radius 2 is 2.17 bits per heavy atom. The maximum Gasteiger partial charge on any atom is 0.123 e. The molecule has 120 valence electrons. The Bertz CT molecular complexity index is 816. The summed E-state index contributed by atoms with van der Waals surface area (Å²) < 4.78 is 2.22. The third-order valence-corrected chi connectivity index (χ3v) is 4.89. The van der Waals surface area contributed by atoms with Gasteiger partial charge < -0.3 is 4.57 Å². The number of benzene rings is 1. The van der Waals surface area contributed by atoms with Crippen LogP contribution in [0.5, 0.6) is 0 Å². The summed E-state index contributed by atoms with van der Waals surface area (Å²) in [4.78, 5) is 7.32. The second-order valence-electron chi connectivity index (χ2n) is 6.63. The van der Waals surface area contributed by atoms with Crippen molar-refractivity contribution in [3.8, 4) is 0 Å². The first-order valence-electron chi connectivity index (χ1n) is 8.35. The number of aromatic nitrogens is 4. The molecule has 3 aromatic rings. The highest BCUT2D eigenvalue weighted by molar-refractivity contribution is 5.75. The summed E-state index contributed by atoms with van der Waals surface area (Å²) in [6, 6.07) is 10.5. The molecule has 23 heavy (non-hydrogen) atoms. The van der Waals surface area contributed by atoms with E-state index < -0.39 is 0 Å². The fourth-order valence-electron chi connectivity index (χ4n) is 3.63. The molecule has 1 atom stereocenters. The number of rotatable bonds is 3. The SMILES string of the molecule is Cc1cc(C2CCCN(Cc3nc4ccccc4n3C)C2)n[nH]1. The van der Waals surface area contributed by atoms with Crippen LogP contribution in [0.3, 0.4) is 0 Å². The number of piperidine rings is 1. The van der Waals surface area contributed by atoms with Crippen molar-refractivity contribution < 1.29 is 0 Å². The van der Waals surface area contributed by atoms with Gasteiger partial charge in [-0.15, -0.1) is 0 Å². The average Bonchev–Trinajstić information content (AvgIpc) is 3.13. The van der Waals surface area contributed by atoms with Crippen LogP contribution in [0.2, 0.25) is 0 Å². The minimum absolute atomic E-state index is 0.531.